The molecule has 5 rings (SSSR count). The van der Waals surface area contributed by atoms with Crippen LogP contribution in [-0.4, -0.2) is 53.2 Å². The first kappa shape index (κ1) is 24.0. The van der Waals surface area contributed by atoms with Crippen LogP contribution in [0.2, 0.25) is 0 Å². The Balaban J connectivity index is 1.26. The Morgan fingerprint density at radius 1 is 1.14 bits per heavy atom. The molecule has 186 valence electrons. The summed E-state index contributed by atoms with van der Waals surface area (Å²) >= 11 is 0. The lowest BCUT2D eigenvalue weighted by molar-refractivity contribution is -0.115. The van der Waals surface area contributed by atoms with Crippen LogP contribution in [-0.2, 0) is 28.8 Å². The fourth-order valence-corrected chi connectivity index (χ4v) is 6.07. The molecule has 2 unspecified atom stereocenters. The molecule has 1 aliphatic heterocycles. The van der Waals surface area contributed by atoms with Gasteiger partial charge >= 0.3 is 0 Å². The van der Waals surface area contributed by atoms with Gasteiger partial charge < -0.3 is 19.5 Å². The van der Waals surface area contributed by atoms with E-state index in [2.05, 4.69) is 59.0 Å². The van der Waals surface area contributed by atoms with Gasteiger partial charge in [0, 0.05) is 45.3 Å². The smallest absolute Gasteiger partial charge is 0.224 e. The highest BCUT2D eigenvalue weighted by molar-refractivity contribution is 5.90. The van der Waals surface area contributed by atoms with Crippen molar-refractivity contribution in [1.29, 1.82) is 0 Å². The van der Waals surface area contributed by atoms with Gasteiger partial charge in [-0.2, -0.15) is 0 Å². The number of piperidine rings is 1. The second-order valence-corrected chi connectivity index (χ2v) is 10.3. The summed E-state index contributed by atoms with van der Waals surface area (Å²) in [5.74, 6) is 1.84. The molecule has 6 nitrogen and oxygen atoms in total. The van der Waals surface area contributed by atoms with Crippen molar-refractivity contribution in [2.24, 2.45) is 5.92 Å². The highest BCUT2D eigenvalue weighted by atomic mass is 16.5. The SMILES string of the molecule is CCC(=O)Nc1ccc2c(c1)CC(CN1CCC(n3c(CC)nc4cc(C)ccc43)[C@H](OC)C1)C2. The van der Waals surface area contributed by atoms with Crippen molar-refractivity contribution in [1.82, 2.24) is 14.5 Å². The van der Waals surface area contributed by atoms with Crippen LogP contribution in [0.25, 0.3) is 11.0 Å². The molecule has 0 saturated carbocycles. The quantitative estimate of drug-likeness (QED) is 0.527. The van der Waals surface area contributed by atoms with Gasteiger partial charge in [-0.05, 0) is 73.1 Å². The molecule has 1 amide bonds. The summed E-state index contributed by atoms with van der Waals surface area (Å²) in [6.07, 6.45) is 4.83. The average Bonchev–Trinajstić information content (AvgIpc) is 3.43. The predicted octanol–water partition coefficient (Wildman–Crippen LogP) is 4.93. The summed E-state index contributed by atoms with van der Waals surface area (Å²) in [5.41, 5.74) is 7.30. The van der Waals surface area contributed by atoms with E-state index in [1.54, 1.807) is 0 Å². The first-order valence-corrected chi connectivity index (χ1v) is 13.1. The fourth-order valence-electron chi connectivity index (χ4n) is 6.07. The van der Waals surface area contributed by atoms with Crippen LogP contribution in [0.5, 0.6) is 0 Å². The standard InChI is InChI=1S/C29H38N4O2/c1-5-28-31-24-13-19(3)7-10-25(24)33(28)26-11-12-32(18-27(26)35-4)17-20-14-21-8-9-23(16-22(21)15-20)30-29(34)6-2/h7-10,13,16,20,26-27H,5-6,11-12,14-15,17-18H2,1-4H3,(H,30,34)/t20?,26?,27-/m1/s1. The molecule has 1 N–H and O–H groups in total. The number of nitrogens with one attached hydrogen (secondary N) is 1. The average molecular weight is 475 g/mol. The summed E-state index contributed by atoms with van der Waals surface area (Å²) < 4.78 is 8.55. The number of carbonyl (C=O) groups excluding carboxylic acids is 1. The number of nitrogens with zero attached hydrogens (tertiary/aromatic N) is 3. The Bertz CT molecular complexity index is 1220. The van der Waals surface area contributed by atoms with Crippen molar-refractivity contribution in [2.45, 2.75) is 65.0 Å². The third-order valence-electron chi connectivity index (χ3n) is 7.82. The summed E-state index contributed by atoms with van der Waals surface area (Å²) in [7, 11) is 1.85. The van der Waals surface area contributed by atoms with Crippen molar-refractivity contribution >= 4 is 22.6 Å². The highest BCUT2D eigenvalue weighted by Gasteiger charge is 2.34. The first-order chi connectivity index (χ1) is 17.0. The number of aryl methyl sites for hydroxylation is 2. The Morgan fingerprint density at radius 2 is 1.97 bits per heavy atom. The van der Waals surface area contributed by atoms with Gasteiger partial charge in [0.2, 0.25) is 5.91 Å². The lowest BCUT2D eigenvalue weighted by Crippen LogP contribution is -2.47. The van der Waals surface area contributed by atoms with Crippen molar-refractivity contribution < 1.29 is 9.53 Å². The first-order valence-electron chi connectivity index (χ1n) is 13.1. The molecule has 0 bridgehead atoms. The van der Waals surface area contributed by atoms with Crippen molar-refractivity contribution in [3.63, 3.8) is 0 Å². The number of rotatable bonds is 7. The van der Waals surface area contributed by atoms with E-state index in [1.165, 1.54) is 22.2 Å². The summed E-state index contributed by atoms with van der Waals surface area (Å²) in [6.45, 7) is 9.31. The van der Waals surface area contributed by atoms with E-state index in [4.69, 9.17) is 9.72 Å². The van der Waals surface area contributed by atoms with E-state index in [1.807, 2.05) is 20.1 Å². The van der Waals surface area contributed by atoms with Crippen molar-refractivity contribution in [3.8, 4) is 0 Å². The Labute approximate surface area is 208 Å². The minimum absolute atomic E-state index is 0.0695. The minimum atomic E-state index is 0.0695. The van der Waals surface area contributed by atoms with E-state index in [0.29, 0.717) is 18.4 Å². The maximum absolute atomic E-state index is 11.8. The predicted molar refractivity (Wildman–Crippen MR) is 141 cm³/mol. The largest absolute Gasteiger partial charge is 0.378 e. The van der Waals surface area contributed by atoms with Crippen LogP contribution in [0, 0.1) is 12.8 Å². The van der Waals surface area contributed by atoms with Gasteiger partial charge in [-0.1, -0.05) is 26.0 Å². The van der Waals surface area contributed by atoms with Gasteiger partial charge in [0.25, 0.3) is 0 Å². The number of aromatic nitrogens is 2. The van der Waals surface area contributed by atoms with Crippen LogP contribution in [0.15, 0.2) is 36.4 Å². The van der Waals surface area contributed by atoms with Crippen LogP contribution in [0.4, 0.5) is 5.69 Å². The molecule has 1 saturated heterocycles. The Kier molecular flexibility index (Phi) is 6.94. The molecule has 35 heavy (non-hydrogen) atoms. The molecule has 0 radical (unpaired) electrons. The number of benzene rings is 2. The minimum Gasteiger partial charge on any atom is -0.378 e. The van der Waals surface area contributed by atoms with Crippen molar-refractivity contribution in [3.05, 3.63) is 58.9 Å². The Morgan fingerprint density at radius 3 is 2.74 bits per heavy atom. The monoisotopic (exact) mass is 474 g/mol. The number of methoxy groups -OCH3 is 1. The summed E-state index contributed by atoms with van der Waals surface area (Å²) in [4.78, 5) is 19.3. The molecule has 2 heterocycles. The zero-order valence-electron chi connectivity index (χ0n) is 21.5. The number of amides is 1. The maximum atomic E-state index is 11.8. The van der Waals surface area contributed by atoms with Gasteiger partial charge in [-0.25, -0.2) is 4.98 Å². The lowest BCUT2D eigenvalue weighted by Gasteiger charge is -2.40. The zero-order valence-corrected chi connectivity index (χ0v) is 21.5. The number of hydrogen-bond acceptors (Lipinski definition) is 4. The molecule has 1 aliphatic carbocycles. The Hall–Kier alpha value is -2.70. The normalized spacial score (nSPS) is 22.5. The third-order valence-corrected chi connectivity index (χ3v) is 7.82. The number of anilines is 1. The zero-order chi connectivity index (χ0) is 24.5. The van der Waals surface area contributed by atoms with E-state index in [0.717, 1.165) is 62.3 Å². The van der Waals surface area contributed by atoms with E-state index < -0.39 is 0 Å². The topological polar surface area (TPSA) is 59.4 Å². The number of ether oxygens (including phenoxy) is 1. The second kappa shape index (κ2) is 10.1. The lowest BCUT2D eigenvalue weighted by atomic mass is 9.98. The molecule has 1 fully saturated rings. The van der Waals surface area contributed by atoms with Crippen molar-refractivity contribution in [2.75, 3.05) is 32.1 Å². The van der Waals surface area contributed by atoms with E-state index in [-0.39, 0.29) is 12.0 Å². The molecule has 3 atom stereocenters. The van der Waals surface area contributed by atoms with Crippen LogP contribution in [0.1, 0.15) is 55.2 Å². The number of imidazole rings is 1. The number of carbonyl (C=O) groups is 1. The van der Waals surface area contributed by atoms with Gasteiger partial charge in [0.15, 0.2) is 0 Å². The molecule has 3 aromatic rings. The molecule has 2 aromatic carbocycles. The van der Waals surface area contributed by atoms with Crippen LogP contribution < -0.4 is 5.32 Å². The third kappa shape index (κ3) is 4.87. The molecule has 6 heteroatoms. The van der Waals surface area contributed by atoms with Gasteiger partial charge in [-0.15, -0.1) is 0 Å². The van der Waals surface area contributed by atoms with Gasteiger partial charge in [0.05, 0.1) is 23.2 Å². The molecule has 1 aromatic heterocycles. The highest BCUT2D eigenvalue weighted by Crippen LogP contribution is 2.34. The van der Waals surface area contributed by atoms with Crippen LogP contribution in [0.3, 0.4) is 0 Å². The number of hydrogen-bond donors (Lipinski definition) is 1. The van der Waals surface area contributed by atoms with Crippen LogP contribution >= 0.6 is 0 Å². The molecular weight excluding hydrogens is 436 g/mol. The maximum Gasteiger partial charge on any atom is 0.224 e. The van der Waals surface area contributed by atoms with E-state index >= 15 is 0 Å². The fraction of sp³-hybridized carbons (Fsp3) is 0.517. The summed E-state index contributed by atoms with van der Waals surface area (Å²) in [5, 5.41) is 3.00. The molecular formula is C29H38N4O2. The van der Waals surface area contributed by atoms with Gasteiger partial charge in [-0.3, -0.25) is 4.79 Å². The number of likely N-dealkylation sites (tertiary alicyclic amines) is 1. The molecule has 2 aliphatic rings. The second-order valence-electron chi connectivity index (χ2n) is 10.3. The molecule has 0 spiro atoms. The van der Waals surface area contributed by atoms with Gasteiger partial charge in [0.1, 0.15) is 5.82 Å². The summed E-state index contributed by atoms with van der Waals surface area (Å²) in [6, 6.07) is 13.3. The van der Waals surface area contributed by atoms with E-state index in [9.17, 15) is 4.79 Å². The number of fused-ring (bicyclic) bond motifs is 2.